The van der Waals surface area contributed by atoms with Gasteiger partial charge in [0.1, 0.15) is 11.7 Å². The minimum atomic E-state index is -1.02. The fourth-order valence-corrected chi connectivity index (χ4v) is 4.75. The van der Waals surface area contributed by atoms with Gasteiger partial charge in [-0.3, -0.25) is 9.59 Å². The van der Waals surface area contributed by atoms with E-state index >= 15 is 0 Å². The molecule has 1 aliphatic carbocycles. The summed E-state index contributed by atoms with van der Waals surface area (Å²) in [5, 5.41) is 0. The Hall–Kier alpha value is -2.38. The Labute approximate surface area is 162 Å². The summed E-state index contributed by atoms with van der Waals surface area (Å²) in [6.07, 6.45) is 3.05. The van der Waals surface area contributed by atoms with E-state index < -0.39 is 23.6 Å². The van der Waals surface area contributed by atoms with Gasteiger partial charge in [-0.05, 0) is 32.1 Å². The van der Waals surface area contributed by atoms with Crippen molar-refractivity contribution in [2.24, 2.45) is 5.92 Å². The molecular formula is C20H25FN2O5. The molecule has 0 unspecified atom stereocenters. The van der Waals surface area contributed by atoms with E-state index in [0.717, 1.165) is 6.42 Å². The SMILES string of the molecule is CCCCOc1c2n(cc(C(=O)OCC)c1=O)C[C@@H]1[C@@H]3C[C@@H](F)[C@@H](C3)N1C2=O. The molecule has 4 rings (SSSR count). The number of fused-ring (bicyclic) bond motifs is 6. The molecule has 2 aliphatic heterocycles. The van der Waals surface area contributed by atoms with Crippen LogP contribution in [-0.4, -0.2) is 52.8 Å². The standard InChI is InChI=1S/C20H25FN2O5/c1-3-5-6-28-18-16-19(25)23-14-8-11(7-13(14)21)15(23)10-22(16)9-12(17(18)24)20(26)27-4-2/h9,11,13-15H,3-8,10H2,1-2H3/t11-,13-,14-,15-/m1/s1. The molecule has 3 heterocycles. The average molecular weight is 392 g/mol. The molecule has 152 valence electrons. The zero-order valence-corrected chi connectivity index (χ0v) is 16.2. The molecule has 0 aromatic carbocycles. The third-order valence-corrected chi connectivity index (χ3v) is 6.05. The van der Waals surface area contributed by atoms with Crippen LogP contribution in [0.1, 0.15) is 60.4 Å². The van der Waals surface area contributed by atoms with Gasteiger partial charge in [0.15, 0.2) is 11.4 Å². The number of amides is 1. The molecule has 2 bridgehead atoms. The van der Waals surface area contributed by atoms with Gasteiger partial charge >= 0.3 is 5.97 Å². The molecule has 8 heteroatoms. The van der Waals surface area contributed by atoms with Gasteiger partial charge in [0.2, 0.25) is 5.43 Å². The first-order valence-electron chi connectivity index (χ1n) is 10.0. The van der Waals surface area contributed by atoms with E-state index in [1.807, 2.05) is 6.92 Å². The third kappa shape index (κ3) is 2.81. The highest BCUT2D eigenvalue weighted by Gasteiger charge is 2.56. The number of carbonyl (C=O) groups is 2. The lowest BCUT2D eigenvalue weighted by molar-refractivity contribution is 0.0310. The molecule has 4 atom stereocenters. The van der Waals surface area contributed by atoms with E-state index in [9.17, 15) is 18.8 Å². The number of hydrogen-bond donors (Lipinski definition) is 0. The summed E-state index contributed by atoms with van der Waals surface area (Å²) in [5.41, 5.74) is -0.663. The van der Waals surface area contributed by atoms with E-state index in [2.05, 4.69) is 0 Å². The monoisotopic (exact) mass is 392 g/mol. The molecule has 3 aliphatic rings. The minimum absolute atomic E-state index is 0.104. The summed E-state index contributed by atoms with van der Waals surface area (Å²) >= 11 is 0. The van der Waals surface area contributed by atoms with E-state index in [0.29, 0.717) is 25.8 Å². The van der Waals surface area contributed by atoms with Crippen LogP contribution in [0.3, 0.4) is 0 Å². The zero-order valence-electron chi connectivity index (χ0n) is 16.2. The van der Waals surface area contributed by atoms with Gasteiger partial charge in [-0.1, -0.05) is 13.3 Å². The Morgan fingerprint density at radius 1 is 1.25 bits per heavy atom. The second kappa shape index (κ2) is 7.22. The summed E-state index contributed by atoms with van der Waals surface area (Å²) in [4.78, 5) is 40.1. The molecule has 28 heavy (non-hydrogen) atoms. The number of alkyl halides is 1. The number of piperidine rings is 1. The van der Waals surface area contributed by atoms with Gasteiger partial charge in [-0.15, -0.1) is 0 Å². The van der Waals surface area contributed by atoms with Crippen molar-refractivity contribution in [2.75, 3.05) is 13.2 Å². The highest BCUT2D eigenvalue weighted by Crippen LogP contribution is 2.47. The van der Waals surface area contributed by atoms with Crippen molar-refractivity contribution in [3.8, 4) is 5.75 Å². The predicted molar refractivity (Wildman–Crippen MR) is 98.4 cm³/mol. The number of carbonyl (C=O) groups excluding carboxylic acids is 2. The summed E-state index contributed by atoms with van der Waals surface area (Å²) < 4.78 is 26.6. The Morgan fingerprint density at radius 2 is 2.04 bits per heavy atom. The first-order valence-corrected chi connectivity index (χ1v) is 10.0. The van der Waals surface area contributed by atoms with Crippen LogP contribution in [-0.2, 0) is 11.3 Å². The molecule has 1 saturated heterocycles. The number of hydrogen-bond acceptors (Lipinski definition) is 5. The van der Waals surface area contributed by atoms with Gasteiger partial charge in [0.25, 0.3) is 5.91 Å². The van der Waals surface area contributed by atoms with Crippen molar-refractivity contribution >= 4 is 11.9 Å². The van der Waals surface area contributed by atoms with Crippen molar-refractivity contribution in [2.45, 2.75) is 64.3 Å². The van der Waals surface area contributed by atoms with E-state index in [1.165, 1.54) is 6.20 Å². The molecule has 1 aromatic heterocycles. The minimum Gasteiger partial charge on any atom is -0.487 e. The number of pyridine rings is 1. The first kappa shape index (κ1) is 19.0. The van der Waals surface area contributed by atoms with E-state index in [-0.39, 0.29) is 48.1 Å². The van der Waals surface area contributed by atoms with E-state index in [4.69, 9.17) is 9.47 Å². The van der Waals surface area contributed by atoms with Crippen LogP contribution in [0, 0.1) is 5.92 Å². The largest absolute Gasteiger partial charge is 0.487 e. The van der Waals surface area contributed by atoms with Crippen LogP contribution in [0.4, 0.5) is 4.39 Å². The second-order valence-corrected chi connectivity index (χ2v) is 7.72. The molecule has 0 spiro atoms. The number of rotatable bonds is 6. The van der Waals surface area contributed by atoms with Crippen molar-refractivity contribution in [1.29, 1.82) is 0 Å². The molecular weight excluding hydrogens is 367 g/mol. The molecule has 0 N–H and O–H groups in total. The molecule has 1 saturated carbocycles. The summed E-state index contributed by atoms with van der Waals surface area (Å²) in [5.74, 6) is -1.13. The first-order chi connectivity index (χ1) is 13.5. The third-order valence-electron chi connectivity index (χ3n) is 6.05. The van der Waals surface area contributed by atoms with Crippen LogP contribution in [0.5, 0.6) is 5.75 Å². The van der Waals surface area contributed by atoms with Crippen LogP contribution < -0.4 is 10.2 Å². The molecule has 1 amide bonds. The number of unbranched alkanes of at least 4 members (excludes halogenated alkanes) is 1. The number of esters is 1. The average Bonchev–Trinajstić information content (AvgIpc) is 3.21. The number of aromatic nitrogens is 1. The highest BCUT2D eigenvalue weighted by molar-refractivity contribution is 5.98. The predicted octanol–water partition coefficient (Wildman–Crippen LogP) is 2.16. The Bertz CT molecular complexity index is 867. The lowest BCUT2D eigenvalue weighted by Gasteiger charge is -2.41. The number of nitrogens with zero attached hydrogens (tertiary/aromatic N) is 2. The molecule has 1 aromatic rings. The van der Waals surface area contributed by atoms with E-state index in [1.54, 1.807) is 16.4 Å². The summed E-state index contributed by atoms with van der Waals surface area (Å²) in [7, 11) is 0. The quantitative estimate of drug-likeness (QED) is 0.548. The lowest BCUT2D eigenvalue weighted by Crippen LogP contribution is -2.55. The van der Waals surface area contributed by atoms with Crippen LogP contribution >= 0.6 is 0 Å². The maximum Gasteiger partial charge on any atom is 0.343 e. The fraction of sp³-hybridized carbons (Fsp3) is 0.650. The van der Waals surface area contributed by atoms with Crippen LogP contribution in [0.15, 0.2) is 11.0 Å². The maximum absolute atomic E-state index is 14.3. The van der Waals surface area contributed by atoms with Crippen molar-refractivity contribution in [3.05, 3.63) is 27.7 Å². The number of halogens is 1. The normalized spacial score (nSPS) is 27.5. The van der Waals surface area contributed by atoms with Gasteiger partial charge < -0.3 is 18.9 Å². The second-order valence-electron chi connectivity index (χ2n) is 7.72. The maximum atomic E-state index is 14.3. The molecule has 7 nitrogen and oxygen atoms in total. The molecule has 0 radical (unpaired) electrons. The molecule has 2 fully saturated rings. The Balaban J connectivity index is 1.80. The smallest absolute Gasteiger partial charge is 0.343 e. The van der Waals surface area contributed by atoms with Crippen molar-refractivity contribution in [1.82, 2.24) is 9.47 Å². The van der Waals surface area contributed by atoms with Crippen LogP contribution in [0.2, 0.25) is 0 Å². The highest BCUT2D eigenvalue weighted by atomic mass is 19.1. The van der Waals surface area contributed by atoms with Gasteiger partial charge in [-0.25, -0.2) is 9.18 Å². The van der Waals surface area contributed by atoms with Crippen molar-refractivity contribution in [3.63, 3.8) is 0 Å². The summed E-state index contributed by atoms with van der Waals surface area (Å²) in [6.45, 7) is 4.48. The summed E-state index contributed by atoms with van der Waals surface area (Å²) in [6, 6.07) is -0.544. The van der Waals surface area contributed by atoms with Gasteiger partial charge in [-0.2, -0.15) is 0 Å². The topological polar surface area (TPSA) is 77.8 Å². The van der Waals surface area contributed by atoms with Crippen LogP contribution in [0.25, 0.3) is 0 Å². The van der Waals surface area contributed by atoms with Gasteiger partial charge in [0.05, 0.1) is 25.3 Å². The van der Waals surface area contributed by atoms with Gasteiger partial charge in [0, 0.05) is 12.7 Å². The number of ether oxygens (including phenoxy) is 2. The van der Waals surface area contributed by atoms with Crippen molar-refractivity contribution < 1.29 is 23.5 Å². The zero-order chi connectivity index (χ0) is 20.0. The Morgan fingerprint density at radius 3 is 2.75 bits per heavy atom. The lowest BCUT2D eigenvalue weighted by atomic mass is 9.95. The fourth-order valence-electron chi connectivity index (χ4n) is 4.75. The Kier molecular flexibility index (Phi) is 4.89.